The molecule has 0 aromatic heterocycles. The molecule has 1 aromatic rings. The summed E-state index contributed by atoms with van der Waals surface area (Å²) in [6.07, 6.45) is 1.97. The standard InChI is InChI=1S/C13H22N2/c1-9-7-10(2)13(11(3)8-9)12(15)5-4-6-14/h7-8,12H,4-6,14-15H2,1-3H3/t12-/m0/s1. The summed E-state index contributed by atoms with van der Waals surface area (Å²) in [5.41, 5.74) is 16.9. The zero-order valence-electron chi connectivity index (χ0n) is 10.0. The van der Waals surface area contributed by atoms with Gasteiger partial charge in [-0.25, -0.2) is 0 Å². The van der Waals surface area contributed by atoms with Gasteiger partial charge in [-0.2, -0.15) is 0 Å². The SMILES string of the molecule is Cc1cc(C)c([C@@H](N)CCCN)c(C)c1. The molecule has 1 atom stereocenters. The summed E-state index contributed by atoms with van der Waals surface area (Å²) in [5.74, 6) is 0. The zero-order chi connectivity index (χ0) is 11.4. The van der Waals surface area contributed by atoms with Crippen LogP contribution in [0.2, 0.25) is 0 Å². The first-order valence-electron chi connectivity index (χ1n) is 5.59. The van der Waals surface area contributed by atoms with Gasteiger partial charge in [0.2, 0.25) is 0 Å². The molecule has 1 aromatic carbocycles. The van der Waals surface area contributed by atoms with E-state index in [2.05, 4.69) is 32.9 Å². The van der Waals surface area contributed by atoms with Crippen molar-refractivity contribution in [2.24, 2.45) is 11.5 Å². The van der Waals surface area contributed by atoms with Crippen LogP contribution >= 0.6 is 0 Å². The van der Waals surface area contributed by atoms with Gasteiger partial charge < -0.3 is 11.5 Å². The molecule has 0 bridgehead atoms. The molecule has 0 fully saturated rings. The maximum absolute atomic E-state index is 6.18. The largest absolute Gasteiger partial charge is 0.330 e. The van der Waals surface area contributed by atoms with Gasteiger partial charge >= 0.3 is 0 Å². The molecule has 0 aliphatic rings. The summed E-state index contributed by atoms with van der Waals surface area (Å²) in [4.78, 5) is 0. The van der Waals surface area contributed by atoms with Crippen LogP contribution in [0.5, 0.6) is 0 Å². The molecule has 0 amide bonds. The number of hydrogen-bond acceptors (Lipinski definition) is 2. The monoisotopic (exact) mass is 206 g/mol. The molecule has 84 valence electrons. The molecule has 1 rings (SSSR count). The van der Waals surface area contributed by atoms with Crippen molar-refractivity contribution in [2.45, 2.75) is 39.7 Å². The van der Waals surface area contributed by atoms with Crippen molar-refractivity contribution >= 4 is 0 Å². The molecule has 2 heteroatoms. The zero-order valence-corrected chi connectivity index (χ0v) is 10.0. The van der Waals surface area contributed by atoms with E-state index < -0.39 is 0 Å². The Balaban J connectivity index is 2.92. The predicted octanol–water partition coefficient (Wildman–Crippen LogP) is 2.35. The molecule has 0 heterocycles. The van der Waals surface area contributed by atoms with Crippen LogP contribution < -0.4 is 11.5 Å². The van der Waals surface area contributed by atoms with Crippen molar-refractivity contribution in [3.63, 3.8) is 0 Å². The van der Waals surface area contributed by atoms with E-state index in [-0.39, 0.29) is 6.04 Å². The normalized spacial score (nSPS) is 12.9. The van der Waals surface area contributed by atoms with Crippen molar-refractivity contribution in [2.75, 3.05) is 6.54 Å². The van der Waals surface area contributed by atoms with Crippen molar-refractivity contribution in [3.8, 4) is 0 Å². The van der Waals surface area contributed by atoms with Gasteiger partial charge in [-0.05, 0) is 56.8 Å². The van der Waals surface area contributed by atoms with Gasteiger partial charge in [0.15, 0.2) is 0 Å². The molecule has 0 saturated heterocycles. The number of hydrogen-bond donors (Lipinski definition) is 2. The van der Waals surface area contributed by atoms with Gasteiger partial charge in [0, 0.05) is 6.04 Å². The second-order valence-corrected chi connectivity index (χ2v) is 4.35. The van der Waals surface area contributed by atoms with Crippen LogP contribution in [0.15, 0.2) is 12.1 Å². The van der Waals surface area contributed by atoms with Crippen molar-refractivity contribution in [1.29, 1.82) is 0 Å². The van der Waals surface area contributed by atoms with E-state index in [9.17, 15) is 0 Å². The highest BCUT2D eigenvalue weighted by molar-refractivity contribution is 5.39. The minimum absolute atomic E-state index is 0.133. The lowest BCUT2D eigenvalue weighted by atomic mass is 9.92. The molecule has 4 N–H and O–H groups in total. The summed E-state index contributed by atoms with van der Waals surface area (Å²) in [6.45, 7) is 7.11. The van der Waals surface area contributed by atoms with E-state index in [0.29, 0.717) is 0 Å². The van der Waals surface area contributed by atoms with E-state index in [1.807, 2.05) is 0 Å². The molecular weight excluding hydrogens is 184 g/mol. The molecule has 0 aliphatic carbocycles. The Kier molecular flexibility index (Phi) is 4.30. The van der Waals surface area contributed by atoms with Crippen LogP contribution in [0.25, 0.3) is 0 Å². The molecule has 0 unspecified atom stereocenters. The molecule has 0 aliphatic heterocycles. The first kappa shape index (κ1) is 12.2. The van der Waals surface area contributed by atoms with E-state index in [1.165, 1.54) is 22.3 Å². The molecule has 0 radical (unpaired) electrons. The third-order valence-electron chi connectivity index (χ3n) is 2.83. The Morgan fingerprint density at radius 2 is 1.67 bits per heavy atom. The van der Waals surface area contributed by atoms with Crippen LogP contribution in [-0.4, -0.2) is 6.54 Å². The summed E-state index contributed by atoms with van der Waals surface area (Å²) >= 11 is 0. The fourth-order valence-corrected chi connectivity index (χ4v) is 2.26. The molecule has 15 heavy (non-hydrogen) atoms. The third-order valence-corrected chi connectivity index (χ3v) is 2.83. The quantitative estimate of drug-likeness (QED) is 0.794. The lowest BCUT2D eigenvalue weighted by molar-refractivity contribution is 0.612. The summed E-state index contributed by atoms with van der Waals surface area (Å²) in [6, 6.07) is 4.53. The van der Waals surface area contributed by atoms with Gasteiger partial charge in [-0.15, -0.1) is 0 Å². The van der Waals surface area contributed by atoms with Gasteiger partial charge in [0.25, 0.3) is 0 Å². The highest BCUT2D eigenvalue weighted by atomic mass is 14.6. The Hall–Kier alpha value is -0.860. The van der Waals surface area contributed by atoms with Crippen LogP contribution in [0.3, 0.4) is 0 Å². The fraction of sp³-hybridized carbons (Fsp3) is 0.538. The summed E-state index contributed by atoms with van der Waals surface area (Å²) in [5, 5.41) is 0. The van der Waals surface area contributed by atoms with Crippen LogP contribution in [0.4, 0.5) is 0 Å². The first-order valence-corrected chi connectivity index (χ1v) is 5.59. The van der Waals surface area contributed by atoms with Gasteiger partial charge in [0.1, 0.15) is 0 Å². The van der Waals surface area contributed by atoms with E-state index in [4.69, 9.17) is 11.5 Å². The lowest BCUT2D eigenvalue weighted by Crippen LogP contribution is -2.15. The Bertz CT molecular complexity index is 308. The summed E-state index contributed by atoms with van der Waals surface area (Å²) < 4.78 is 0. The predicted molar refractivity (Wildman–Crippen MR) is 65.9 cm³/mol. The van der Waals surface area contributed by atoms with Crippen molar-refractivity contribution in [1.82, 2.24) is 0 Å². The Morgan fingerprint density at radius 1 is 1.13 bits per heavy atom. The van der Waals surface area contributed by atoms with Gasteiger partial charge in [0.05, 0.1) is 0 Å². The maximum Gasteiger partial charge on any atom is 0.0300 e. The van der Waals surface area contributed by atoms with Crippen LogP contribution in [0.1, 0.15) is 41.1 Å². The minimum atomic E-state index is 0.133. The fourth-order valence-electron chi connectivity index (χ4n) is 2.26. The van der Waals surface area contributed by atoms with Crippen LogP contribution in [-0.2, 0) is 0 Å². The van der Waals surface area contributed by atoms with E-state index in [1.54, 1.807) is 0 Å². The summed E-state index contributed by atoms with van der Waals surface area (Å²) in [7, 11) is 0. The van der Waals surface area contributed by atoms with E-state index in [0.717, 1.165) is 19.4 Å². The number of nitrogens with two attached hydrogens (primary N) is 2. The highest BCUT2D eigenvalue weighted by Gasteiger charge is 2.11. The molecule has 0 saturated carbocycles. The topological polar surface area (TPSA) is 52.0 Å². The first-order chi connectivity index (χ1) is 7.06. The van der Waals surface area contributed by atoms with Gasteiger partial charge in [-0.3, -0.25) is 0 Å². The lowest BCUT2D eigenvalue weighted by Gasteiger charge is -2.18. The Labute approximate surface area is 92.7 Å². The van der Waals surface area contributed by atoms with E-state index >= 15 is 0 Å². The number of rotatable bonds is 4. The maximum atomic E-state index is 6.18. The third kappa shape index (κ3) is 3.05. The smallest absolute Gasteiger partial charge is 0.0300 e. The second-order valence-electron chi connectivity index (χ2n) is 4.35. The number of benzene rings is 1. The molecular formula is C13H22N2. The van der Waals surface area contributed by atoms with Crippen molar-refractivity contribution < 1.29 is 0 Å². The Morgan fingerprint density at radius 3 is 2.13 bits per heavy atom. The average Bonchev–Trinajstić information content (AvgIpc) is 2.12. The highest BCUT2D eigenvalue weighted by Crippen LogP contribution is 2.24. The average molecular weight is 206 g/mol. The van der Waals surface area contributed by atoms with Crippen LogP contribution in [0, 0.1) is 20.8 Å². The number of aryl methyl sites for hydroxylation is 3. The van der Waals surface area contributed by atoms with Crippen molar-refractivity contribution in [3.05, 3.63) is 34.4 Å². The molecule has 0 spiro atoms. The minimum Gasteiger partial charge on any atom is -0.330 e. The van der Waals surface area contributed by atoms with Gasteiger partial charge in [-0.1, -0.05) is 17.7 Å². The molecule has 2 nitrogen and oxygen atoms in total. The second kappa shape index (κ2) is 5.29.